The fourth-order valence-electron chi connectivity index (χ4n) is 2.33. The van der Waals surface area contributed by atoms with Gasteiger partial charge in [-0.15, -0.1) is 0 Å². The normalized spacial score (nSPS) is 19.1. The highest BCUT2D eigenvalue weighted by atomic mass is 19.1. The van der Waals surface area contributed by atoms with E-state index in [2.05, 4.69) is 10.3 Å². The van der Waals surface area contributed by atoms with Gasteiger partial charge in [-0.3, -0.25) is 4.99 Å². The molecule has 0 aromatic heterocycles. The van der Waals surface area contributed by atoms with E-state index >= 15 is 0 Å². The quantitative estimate of drug-likeness (QED) is 0.676. The Balaban J connectivity index is 1.84. The number of ether oxygens (including phenoxy) is 1. The molecule has 20 heavy (non-hydrogen) atoms. The van der Waals surface area contributed by atoms with E-state index in [0.29, 0.717) is 6.54 Å². The van der Waals surface area contributed by atoms with Crippen molar-refractivity contribution in [3.8, 4) is 0 Å². The van der Waals surface area contributed by atoms with Crippen LogP contribution in [-0.2, 0) is 11.3 Å². The average molecular weight is 279 g/mol. The molecule has 1 aromatic carbocycles. The number of rotatable bonds is 4. The topological polar surface area (TPSA) is 36.9 Å². The molecule has 1 unspecified atom stereocenters. The van der Waals surface area contributed by atoms with E-state index in [1.807, 2.05) is 11.9 Å². The second-order valence-electron chi connectivity index (χ2n) is 5.05. The van der Waals surface area contributed by atoms with Crippen LogP contribution in [0.5, 0.6) is 0 Å². The Labute approximate surface area is 119 Å². The van der Waals surface area contributed by atoms with E-state index < -0.39 is 0 Å². The van der Waals surface area contributed by atoms with Gasteiger partial charge < -0.3 is 15.0 Å². The first-order valence-electron chi connectivity index (χ1n) is 6.97. The van der Waals surface area contributed by atoms with Crippen molar-refractivity contribution in [1.82, 2.24) is 10.2 Å². The molecule has 0 spiro atoms. The van der Waals surface area contributed by atoms with Crippen LogP contribution in [-0.4, -0.2) is 44.2 Å². The Kier molecular flexibility index (Phi) is 5.35. The van der Waals surface area contributed by atoms with Crippen LogP contribution in [0.2, 0.25) is 0 Å². The Hall–Kier alpha value is -1.62. The molecule has 0 aliphatic carbocycles. The lowest BCUT2D eigenvalue weighted by Gasteiger charge is -2.23. The fraction of sp³-hybridized carbons (Fsp3) is 0.533. The van der Waals surface area contributed by atoms with Crippen LogP contribution in [0.4, 0.5) is 4.39 Å². The number of benzene rings is 1. The molecule has 1 atom stereocenters. The highest BCUT2D eigenvalue weighted by Gasteiger charge is 2.16. The summed E-state index contributed by atoms with van der Waals surface area (Å²) in [7, 11) is 3.73. The maximum atomic E-state index is 12.9. The number of aliphatic imine (C=N–C) groups is 1. The van der Waals surface area contributed by atoms with E-state index in [0.717, 1.165) is 37.5 Å². The van der Waals surface area contributed by atoms with Crippen molar-refractivity contribution in [3.63, 3.8) is 0 Å². The number of halogens is 1. The van der Waals surface area contributed by atoms with E-state index in [1.165, 1.54) is 12.1 Å². The van der Waals surface area contributed by atoms with Gasteiger partial charge in [0, 0.05) is 33.8 Å². The molecule has 1 N–H and O–H groups in total. The van der Waals surface area contributed by atoms with Crippen molar-refractivity contribution in [3.05, 3.63) is 35.6 Å². The first kappa shape index (κ1) is 14.8. The third kappa shape index (κ3) is 4.20. The minimum atomic E-state index is -0.211. The summed E-state index contributed by atoms with van der Waals surface area (Å²) in [6, 6.07) is 6.54. The molecule has 1 fully saturated rings. The summed E-state index contributed by atoms with van der Waals surface area (Å²) in [5, 5.41) is 3.32. The van der Waals surface area contributed by atoms with Crippen LogP contribution in [0.15, 0.2) is 29.3 Å². The molecule has 1 aliphatic heterocycles. The van der Waals surface area contributed by atoms with Crippen LogP contribution in [0, 0.1) is 5.82 Å². The molecule has 0 radical (unpaired) electrons. The summed E-state index contributed by atoms with van der Waals surface area (Å²) in [4.78, 5) is 6.28. The Morgan fingerprint density at radius 2 is 2.20 bits per heavy atom. The molecule has 1 saturated heterocycles. The largest absolute Gasteiger partial charge is 0.376 e. The third-order valence-corrected chi connectivity index (χ3v) is 3.42. The summed E-state index contributed by atoms with van der Waals surface area (Å²) in [6.45, 7) is 2.32. The second kappa shape index (κ2) is 7.24. The van der Waals surface area contributed by atoms with Gasteiger partial charge in [0.2, 0.25) is 0 Å². The monoisotopic (exact) mass is 279 g/mol. The molecule has 0 amide bonds. The van der Waals surface area contributed by atoms with Crippen molar-refractivity contribution in [2.75, 3.05) is 27.2 Å². The summed E-state index contributed by atoms with van der Waals surface area (Å²) in [6.07, 6.45) is 2.52. The number of guanidine groups is 1. The SMILES string of the molecule is CN=C(NCC1CCCO1)N(C)Cc1ccc(F)cc1. The van der Waals surface area contributed by atoms with Crippen LogP contribution >= 0.6 is 0 Å². The number of nitrogens with one attached hydrogen (secondary N) is 1. The minimum Gasteiger partial charge on any atom is -0.376 e. The summed E-state index contributed by atoms with van der Waals surface area (Å²) < 4.78 is 18.5. The lowest BCUT2D eigenvalue weighted by Crippen LogP contribution is -2.41. The molecule has 1 aliphatic rings. The van der Waals surface area contributed by atoms with Gasteiger partial charge in [-0.1, -0.05) is 12.1 Å². The smallest absolute Gasteiger partial charge is 0.193 e. The Morgan fingerprint density at radius 1 is 1.45 bits per heavy atom. The van der Waals surface area contributed by atoms with Crippen LogP contribution < -0.4 is 5.32 Å². The van der Waals surface area contributed by atoms with Crippen molar-refractivity contribution < 1.29 is 9.13 Å². The maximum absolute atomic E-state index is 12.9. The first-order valence-corrected chi connectivity index (χ1v) is 6.97. The minimum absolute atomic E-state index is 0.211. The molecular weight excluding hydrogens is 257 g/mol. The van der Waals surface area contributed by atoms with Crippen LogP contribution in [0.1, 0.15) is 18.4 Å². The first-order chi connectivity index (χ1) is 9.69. The predicted octanol–water partition coefficient (Wildman–Crippen LogP) is 2.01. The number of hydrogen-bond donors (Lipinski definition) is 1. The molecule has 1 heterocycles. The molecular formula is C15H22FN3O. The molecule has 1 aromatic rings. The van der Waals surface area contributed by atoms with Crippen molar-refractivity contribution in [2.45, 2.75) is 25.5 Å². The summed E-state index contributed by atoms with van der Waals surface area (Å²) in [5.41, 5.74) is 1.05. The van der Waals surface area contributed by atoms with Crippen LogP contribution in [0.25, 0.3) is 0 Å². The van der Waals surface area contributed by atoms with Gasteiger partial charge >= 0.3 is 0 Å². The van der Waals surface area contributed by atoms with Gasteiger partial charge in [0.05, 0.1) is 6.10 Å². The van der Waals surface area contributed by atoms with Gasteiger partial charge in [-0.2, -0.15) is 0 Å². The van der Waals surface area contributed by atoms with Crippen LogP contribution in [0.3, 0.4) is 0 Å². The Morgan fingerprint density at radius 3 is 2.80 bits per heavy atom. The van der Waals surface area contributed by atoms with Gasteiger partial charge in [-0.25, -0.2) is 4.39 Å². The lowest BCUT2D eigenvalue weighted by atomic mass is 10.2. The molecule has 4 nitrogen and oxygen atoms in total. The van der Waals surface area contributed by atoms with Gasteiger partial charge in [0.15, 0.2) is 5.96 Å². The van der Waals surface area contributed by atoms with Gasteiger partial charge in [-0.05, 0) is 30.5 Å². The van der Waals surface area contributed by atoms with E-state index in [9.17, 15) is 4.39 Å². The highest BCUT2D eigenvalue weighted by Crippen LogP contribution is 2.11. The van der Waals surface area contributed by atoms with Crippen molar-refractivity contribution >= 4 is 5.96 Å². The maximum Gasteiger partial charge on any atom is 0.193 e. The number of nitrogens with zero attached hydrogens (tertiary/aromatic N) is 2. The zero-order chi connectivity index (χ0) is 14.4. The fourth-order valence-corrected chi connectivity index (χ4v) is 2.33. The zero-order valence-corrected chi connectivity index (χ0v) is 12.1. The van der Waals surface area contributed by atoms with Gasteiger partial charge in [0.25, 0.3) is 0 Å². The Bertz CT molecular complexity index is 441. The van der Waals surface area contributed by atoms with E-state index in [-0.39, 0.29) is 11.9 Å². The highest BCUT2D eigenvalue weighted by molar-refractivity contribution is 5.79. The lowest BCUT2D eigenvalue weighted by molar-refractivity contribution is 0.113. The van der Waals surface area contributed by atoms with Crippen molar-refractivity contribution in [1.29, 1.82) is 0 Å². The summed E-state index contributed by atoms with van der Waals surface area (Å²) in [5.74, 6) is 0.613. The molecule has 110 valence electrons. The molecule has 0 bridgehead atoms. The van der Waals surface area contributed by atoms with E-state index in [4.69, 9.17) is 4.74 Å². The average Bonchev–Trinajstić information content (AvgIpc) is 2.95. The predicted molar refractivity (Wildman–Crippen MR) is 78.2 cm³/mol. The number of hydrogen-bond acceptors (Lipinski definition) is 2. The summed E-state index contributed by atoms with van der Waals surface area (Å²) >= 11 is 0. The van der Waals surface area contributed by atoms with Gasteiger partial charge in [0.1, 0.15) is 5.82 Å². The second-order valence-corrected chi connectivity index (χ2v) is 5.05. The third-order valence-electron chi connectivity index (χ3n) is 3.42. The standard InChI is InChI=1S/C15H22FN3O/c1-17-15(18-10-14-4-3-9-20-14)19(2)11-12-5-7-13(16)8-6-12/h5-8,14H,3-4,9-11H2,1-2H3,(H,17,18). The molecule has 0 saturated carbocycles. The zero-order valence-electron chi connectivity index (χ0n) is 12.1. The molecule has 5 heteroatoms. The van der Waals surface area contributed by atoms with Crippen molar-refractivity contribution in [2.24, 2.45) is 4.99 Å². The van der Waals surface area contributed by atoms with E-state index in [1.54, 1.807) is 19.2 Å². The molecule has 2 rings (SSSR count).